The lowest BCUT2D eigenvalue weighted by Crippen LogP contribution is -2.24. The number of nitrogens with two attached hydrogens (primary N) is 1. The van der Waals surface area contributed by atoms with Gasteiger partial charge in [0.05, 0.1) is 6.21 Å². The molecule has 0 atom stereocenters. The third-order valence-electron chi connectivity index (χ3n) is 1.91. The molecule has 1 rings (SSSR count). The minimum Gasteiger partial charge on any atom is -0.507 e. The summed E-state index contributed by atoms with van der Waals surface area (Å²) in [4.78, 5) is 1.90. The molecule has 0 aromatic heterocycles. The zero-order valence-electron chi connectivity index (χ0n) is 9.14. The van der Waals surface area contributed by atoms with Crippen molar-refractivity contribution in [2.45, 2.75) is 0 Å². The van der Waals surface area contributed by atoms with E-state index in [1.165, 1.54) is 6.21 Å². The lowest BCUT2D eigenvalue weighted by molar-refractivity contribution is 0.474. The molecule has 4 N–H and O–H groups in total. The molecule has 6 heteroatoms. The molecule has 0 saturated heterocycles. The second kappa shape index (κ2) is 5.32. The van der Waals surface area contributed by atoms with Gasteiger partial charge in [-0.15, -0.1) is 0 Å². The van der Waals surface area contributed by atoms with Crippen molar-refractivity contribution in [3.8, 4) is 5.75 Å². The van der Waals surface area contributed by atoms with Gasteiger partial charge >= 0.3 is 0 Å². The van der Waals surface area contributed by atoms with Gasteiger partial charge in [0, 0.05) is 31.4 Å². The van der Waals surface area contributed by atoms with Gasteiger partial charge in [-0.25, -0.2) is 0 Å². The molecule has 0 fully saturated rings. The van der Waals surface area contributed by atoms with Crippen LogP contribution >= 0.6 is 12.2 Å². The van der Waals surface area contributed by atoms with Gasteiger partial charge in [-0.3, -0.25) is 5.43 Å². The van der Waals surface area contributed by atoms with Crippen molar-refractivity contribution in [2.75, 3.05) is 19.0 Å². The summed E-state index contributed by atoms with van der Waals surface area (Å²) < 4.78 is 0. The fraction of sp³-hybridized carbons (Fsp3) is 0.200. The van der Waals surface area contributed by atoms with Crippen LogP contribution in [0.2, 0.25) is 0 Å². The minimum absolute atomic E-state index is 0.0839. The van der Waals surface area contributed by atoms with E-state index in [0.29, 0.717) is 5.56 Å². The first-order valence-corrected chi connectivity index (χ1v) is 5.00. The topological polar surface area (TPSA) is 73.9 Å². The fourth-order valence-corrected chi connectivity index (χ4v) is 1.14. The lowest BCUT2D eigenvalue weighted by Gasteiger charge is -2.12. The molecule has 0 heterocycles. The Hall–Kier alpha value is -1.82. The van der Waals surface area contributed by atoms with E-state index in [9.17, 15) is 5.11 Å². The molecule has 0 aliphatic heterocycles. The molecule has 0 aliphatic rings. The van der Waals surface area contributed by atoms with Gasteiger partial charge in [0.1, 0.15) is 5.75 Å². The molecule has 86 valence electrons. The number of phenols is 1. The summed E-state index contributed by atoms with van der Waals surface area (Å²) in [5, 5.41) is 13.5. The van der Waals surface area contributed by atoms with E-state index < -0.39 is 0 Å². The van der Waals surface area contributed by atoms with E-state index in [1.807, 2.05) is 25.1 Å². The largest absolute Gasteiger partial charge is 0.507 e. The molecule has 0 saturated carbocycles. The summed E-state index contributed by atoms with van der Waals surface area (Å²) in [7, 11) is 3.80. The van der Waals surface area contributed by atoms with Gasteiger partial charge in [-0.05, 0) is 24.4 Å². The molecule has 0 unspecified atom stereocenters. The molecule has 1 aromatic rings. The monoisotopic (exact) mass is 238 g/mol. The molecule has 1 aromatic carbocycles. The molecular formula is C10H14N4OS. The molecule has 0 spiro atoms. The van der Waals surface area contributed by atoms with Crippen molar-refractivity contribution in [3.05, 3.63) is 23.8 Å². The summed E-state index contributed by atoms with van der Waals surface area (Å²) in [6, 6.07) is 5.29. The minimum atomic E-state index is 0.0839. The van der Waals surface area contributed by atoms with Crippen molar-refractivity contribution in [1.82, 2.24) is 5.43 Å². The Kier molecular flexibility index (Phi) is 4.07. The Labute approximate surface area is 99.6 Å². The van der Waals surface area contributed by atoms with Crippen molar-refractivity contribution in [2.24, 2.45) is 10.8 Å². The molecule has 5 nitrogen and oxygen atoms in total. The first-order valence-electron chi connectivity index (χ1n) is 4.59. The Morgan fingerprint density at radius 2 is 2.25 bits per heavy atom. The zero-order chi connectivity index (χ0) is 12.1. The maximum atomic E-state index is 9.70. The summed E-state index contributed by atoms with van der Waals surface area (Å²) in [5.41, 5.74) is 9.12. The van der Waals surface area contributed by atoms with Crippen LogP contribution in [0.3, 0.4) is 0 Å². The van der Waals surface area contributed by atoms with Crippen molar-refractivity contribution >= 4 is 29.2 Å². The van der Waals surface area contributed by atoms with Gasteiger partial charge in [0.15, 0.2) is 5.11 Å². The van der Waals surface area contributed by atoms with E-state index in [4.69, 9.17) is 5.73 Å². The van der Waals surface area contributed by atoms with Crippen LogP contribution in [0, 0.1) is 0 Å². The maximum absolute atomic E-state index is 9.70. The summed E-state index contributed by atoms with van der Waals surface area (Å²) in [6.07, 6.45) is 1.45. The number of hydrogen-bond acceptors (Lipinski definition) is 4. The van der Waals surface area contributed by atoms with Crippen LogP contribution in [0.5, 0.6) is 5.75 Å². The number of nitrogens with one attached hydrogen (secondary N) is 1. The van der Waals surface area contributed by atoms with E-state index in [0.717, 1.165) is 5.69 Å². The number of hydrazone groups is 1. The third kappa shape index (κ3) is 3.39. The Morgan fingerprint density at radius 1 is 1.56 bits per heavy atom. The first-order chi connectivity index (χ1) is 7.50. The Bertz CT molecular complexity index is 417. The van der Waals surface area contributed by atoms with Gasteiger partial charge in [0.25, 0.3) is 0 Å². The number of rotatable bonds is 3. The van der Waals surface area contributed by atoms with Gasteiger partial charge < -0.3 is 15.7 Å². The number of aromatic hydroxyl groups is 1. The lowest BCUT2D eigenvalue weighted by atomic mass is 10.2. The number of anilines is 1. The van der Waals surface area contributed by atoms with Crippen LogP contribution in [0.15, 0.2) is 23.3 Å². The molecule has 0 amide bonds. The second-order valence-corrected chi connectivity index (χ2v) is 3.81. The molecule has 16 heavy (non-hydrogen) atoms. The number of hydrogen-bond donors (Lipinski definition) is 3. The van der Waals surface area contributed by atoms with Crippen molar-refractivity contribution in [3.63, 3.8) is 0 Å². The average molecular weight is 238 g/mol. The van der Waals surface area contributed by atoms with E-state index >= 15 is 0 Å². The van der Waals surface area contributed by atoms with Crippen molar-refractivity contribution in [1.29, 1.82) is 0 Å². The number of phenolic OH excluding ortho intramolecular Hbond substituents is 1. The second-order valence-electron chi connectivity index (χ2n) is 3.37. The predicted octanol–water partition coefficient (Wildman–Crippen LogP) is 0.625. The summed E-state index contributed by atoms with van der Waals surface area (Å²) >= 11 is 4.58. The highest BCUT2D eigenvalue weighted by Crippen LogP contribution is 2.21. The molecular weight excluding hydrogens is 224 g/mol. The van der Waals surface area contributed by atoms with Crippen LogP contribution in [0.4, 0.5) is 5.69 Å². The van der Waals surface area contributed by atoms with Gasteiger partial charge in [-0.2, -0.15) is 5.10 Å². The van der Waals surface area contributed by atoms with E-state index in [2.05, 4.69) is 22.7 Å². The molecule has 0 radical (unpaired) electrons. The fourth-order valence-electron chi connectivity index (χ4n) is 1.08. The average Bonchev–Trinajstić information content (AvgIpc) is 2.19. The Balaban J connectivity index is 2.83. The number of benzene rings is 1. The maximum Gasteiger partial charge on any atom is 0.184 e. The molecule has 0 aliphatic carbocycles. The SMILES string of the molecule is CN(C)c1ccc(/C=N/NC(N)=S)c(O)c1. The normalized spacial score (nSPS) is 10.4. The Morgan fingerprint density at radius 3 is 2.75 bits per heavy atom. The van der Waals surface area contributed by atoms with Crippen LogP contribution in [-0.2, 0) is 0 Å². The summed E-state index contributed by atoms with van der Waals surface area (Å²) in [6.45, 7) is 0. The van der Waals surface area contributed by atoms with Crippen LogP contribution < -0.4 is 16.1 Å². The molecule has 0 bridgehead atoms. The van der Waals surface area contributed by atoms with Crippen LogP contribution in [-0.4, -0.2) is 30.5 Å². The van der Waals surface area contributed by atoms with Crippen molar-refractivity contribution < 1.29 is 5.11 Å². The van der Waals surface area contributed by atoms with Crippen LogP contribution in [0.25, 0.3) is 0 Å². The standard InChI is InChI=1S/C10H14N4OS/c1-14(2)8-4-3-7(9(15)5-8)6-12-13-10(11)16/h3-6,15H,1-2H3,(H3,11,13,16)/b12-6+. The smallest absolute Gasteiger partial charge is 0.184 e. The zero-order valence-corrected chi connectivity index (χ0v) is 9.95. The number of thiocarbonyl (C=S) groups is 1. The summed E-state index contributed by atoms with van der Waals surface area (Å²) in [5.74, 6) is 0.152. The highest BCUT2D eigenvalue weighted by atomic mass is 32.1. The first kappa shape index (κ1) is 12.3. The van der Waals surface area contributed by atoms with Gasteiger partial charge in [-0.1, -0.05) is 0 Å². The number of nitrogens with zero attached hydrogens (tertiary/aromatic N) is 2. The van der Waals surface area contributed by atoms with E-state index in [1.54, 1.807) is 12.1 Å². The quantitative estimate of drug-likeness (QED) is 0.409. The van der Waals surface area contributed by atoms with E-state index in [-0.39, 0.29) is 10.9 Å². The van der Waals surface area contributed by atoms with Gasteiger partial charge in [0.2, 0.25) is 0 Å². The predicted molar refractivity (Wildman–Crippen MR) is 69.9 cm³/mol. The van der Waals surface area contributed by atoms with Crippen LogP contribution in [0.1, 0.15) is 5.56 Å². The highest BCUT2D eigenvalue weighted by molar-refractivity contribution is 7.80. The highest BCUT2D eigenvalue weighted by Gasteiger charge is 2.01. The third-order valence-corrected chi connectivity index (χ3v) is 2.00.